The van der Waals surface area contributed by atoms with E-state index in [4.69, 9.17) is 4.74 Å². The summed E-state index contributed by atoms with van der Waals surface area (Å²) in [6.45, 7) is 0. The molecule has 1 amide bonds. The Morgan fingerprint density at radius 2 is 1.91 bits per heavy atom. The molecule has 0 aromatic heterocycles. The minimum Gasteiger partial charge on any atom is -0.497 e. The number of amides is 1. The highest BCUT2D eigenvalue weighted by molar-refractivity contribution is 9.10. The Morgan fingerprint density at radius 3 is 2.50 bits per heavy atom. The van der Waals surface area contributed by atoms with Crippen molar-refractivity contribution in [2.45, 2.75) is 0 Å². The number of hydrogen-bond acceptors (Lipinski definition) is 3. The molecule has 0 heterocycles. The van der Waals surface area contributed by atoms with Gasteiger partial charge in [-0.2, -0.15) is 5.26 Å². The number of carbonyl (C=O) groups excluding carboxylic acids is 1. The second-order valence-electron chi connectivity index (χ2n) is 4.37. The summed E-state index contributed by atoms with van der Waals surface area (Å²) in [5.41, 5.74) is 1.39. The molecule has 0 radical (unpaired) electrons. The van der Waals surface area contributed by atoms with Crippen LogP contribution in [0.3, 0.4) is 0 Å². The number of anilines is 1. The van der Waals surface area contributed by atoms with Crippen molar-refractivity contribution in [3.05, 3.63) is 64.1 Å². The summed E-state index contributed by atoms with van der Waals surface area (Å²) in [5, 5.41) is 11.9. The quantitative estimate of drug-likeness (QED) is 0.665. The fraction of sp³-hybridized carbons (Fsp3) is 0.0588. The average molecular weight is 357 g/mol. The van der Waals surface area contributed by atoms with Crippen LogP contribution in [0.2, 0.25) is 0 Å². The number of nitrogens with zero attached hydrogens (tertiary/aromatic N) is 1. The molecule has 110 valence electrons. The van der Waals surface area contributed by atoms with Crippen LogP contribution in [-0.2, 0) is 4.79 Å². The first-order valence-electron chi connectivity index (χ1n) is 6.46. The van der Waals surface area contributed by atoms with Crippen molar-refractivity contribution in [2.24, 2.45) is 0 Å². The van der Waals surface area contributed by atoms with Crippen molar-refractivity contribution in [3.63, 3.8) is 0 Å². The molecule has 4 nitrogen and oxygen atoms in total. The van der Waals surface area contributed by atoms with E-state index in [2.05, 4.69) is 21.2 Å². The predicted octanol–water partition coefficient (Wildman–Crippen LogP) is 4.00. The number of benzene rings is 2. The minimum absolute atomic E-state index is 0.0303. The first kappa shape index (κ1) is 15.8. The molecule has 0 spiro atoms. The third-order valence-corrected chi connectivity index (χ3v) is 3.64. The summed E-state index contributed by atoms with van der Waals surface area (Å²) in [6.07, 6.45) is 1.54. The normalized spacial score (nSPS) is 10.7. The summed E-state index contributed by atoms with van der Waals surface area (Å²) in [5.74, 6) is 0.241. The molecule has 0 saturated carbocycles. The molecule has 5 heteroatoms. The number of nitriles is 1. The minimum atomic E-state index is -0.455. The van der Waals surface area contributed by atoms with Crippen LogP contribution in [0.25, 0.3) is 6.08 Å². The maximum atomic E-state index is 12.2. The first-order valence-corrected chi connectivity index (χ1v) is 7.25. The average Bonchev–Trinajstić information content (AvgIpc) is 2.54. The van der Waals surface area contributed by atoms with Gasteiger partial charge in [-0.25, -0.2) is 0 Å². The lowest BCUT2D eigenvalue weighted by Gasteiger charge is -2.06. The van der Waals surface area contributed by atoms with Crippen LogP contribution >= 0.6 is 15.9 Å². The molecule has 2 aromatic carbocycles. The molecule has 2 aromatic rings. The number of halogens is 1. The van der Waals surface area contributed by atoms with Crippen molar-refractivity contribution in [1.82, 2.24) is 0 Å². The van der Waals surface area contributed by atoms with Gasteiger partial charge in [-0.15, -0.1) is 0 Å². The van der Waals surface area contributed by atoms with Crippen molar-refractivity contribution in [3.8, 4) is 11.8 Å². The Balaban J connectivity index is 2.19. The van der Waals surface area contributed by atoms with E-state index in [1.807, 2.05) is 30.3 Å². The highest BCUT2D eigenvalue weighted by Crippen LogP contribution is 2.20. The number of nitrogens with one attached hydrogen (secondary N) is 1. The fourth-order valence-corrected chi connectivity index (χ4v) is 2.17. The smallest absolute Gasteiger partial charge is 0.266 e. The van der Waals surface area contributed by atoms with Crippen LogP contribution in [-0.4, -0.2) is 13.0 Å². The van der Waals surface area contributed by atoms with Crippen LogP contribution in [0.15, 0.2) is 58.6 Å². The molecule has 0 bridgehead atoms. The van der Waals surface area contributed by atoms with Crippen LogP contribution < -0.4 is 10.1 Å². The van der Waals surface area contributed by atoms with Gasteiger partial charge in [0.15, 0.2) is 0 Å². The van der Waals surface area contributed by atoms with Crippen molar-refractivity contribution >= 4 is 33.6 Å². The maximum absolute atomic E-state index is 12.2. The molecular formula is C17H13BrN2O2. The Labute approximate surface area is 137 Å². The van der Waals surface area contributed by atoms with Gasteiger partial charge in [0, 0.05) is 10.2 Å². The third-order valence-electron chi connectivity index (χ3n) is 2.92. The zero-order chi connectivity index (χ0) is 15.9. The second-order valence-corrected chi connectivity index (χ2v) is 5.23. The van der Waals surface area contributed by atoms with E-state index in [1.165, 1.54) is 0 Å². The van der Waals surface area contributed by atoms with Gasteiger partial charge in [-0.05, 0) is 42.0 Å². The van der Waals surface area contributed by atoms with Crippen molar-refractivity contribution in [2.75, 3.05) is 12.4 Å². The zero-order valence-corrected chi connectivity index (χ0v) is 13.4. The van der Waals surface area contributed by atoms with Gasteiger partial charge in [-0.3, -0.25) is 4.79 Å². The molecule has 0 aliphatic rings. The van der Waals surface area contributed by atoms with E-state index in [0.29, 0.717) is 11.4 Å². The molecule has 2 rings (SSSR count). The second kappa shape index (κ2) is 7.43. The molecule has 0 saturated heterocycles. The largest absolute Gasteiger partial charge is 0.497 e. The molecular weight excluding hydrogens is 344 g/mol. The van der Waals surface area contributed by atoms with Gasteiger partial charge in [0.1, 0.15) is 17.4 Å². The number of carbonyl (C=O) groups is 1. The summed E-state index contributed by atoms with van der Waals surface area (Å²) >= 11 is 3.39. The van der Waals surface area contributed by atoms with Gasteiger partial charge < -0.3 is 10.1 Å². The Morgan fingerprint density at radius 1 is 1.23 bits per heavy atom. The summed E-state index contributed by atoms with van der Waals surface area (Å²) < 4.78 is 5.87. The predicted molar refractivity (Wildman–Crippen MR) is 89.4 cm³/mol. The molecule has 0 aliphatic carbocycles. The van der Waals surface area contributed by atoms with E-state index in [0.717, 1.165) is 10.0 Å². The van der Waals surface area contributed by atoms with E-state index < -0.39 is 5.91 Å². The summed E-state index contributed by atoms with van der Waals surface area (Å²) in [6, 6.07) is 16.2. The maximum Gasteiger partial charge on any atom is 0.266 e. The van der Waals surface area contributed by atoms with Gasteiger partial charge >= 0.3 is 0 Å². The lowest BCUT2D eigenvalue weighted by molar-refractivity contribution is -0.112. The number of hydrogen-bond donors (Lipinski definition) is 1. The fourth-order valence-electron chi connectivity index (χ4n) is 1.77. The van der Waals surface area contributed by atoms with Crippen LogP contribution in [0.5, 0.6) is 5.75 Å². The van der Waals surface area contributed by atoms with Crippen molar-refractivity contribution in [1.29, 1.82) is 5.26 Å². The van der Waals surface area contributed by atoms with Gasteiger partial charge in [-0.1, -0.05) is 34.1 Å². The third kappa shape index (κ3) is 3.96. The zero-order valence-electron chi connectivity index (χ0n) is 11.8. The number of ether oxygens (including phenoxy) is 1. The number of rotatable bonds is 4. The molecule has 0 aliphatic heterocycles. The lowest BCUT2D eigenvalue weighted by atomic mass is 10.1. The van der Waals surface area contributed by atoms with E-state index in [1.54, 1.807) is 37.5 Å². The molecule has 1 N–H and O–H groups in total. The summed E-state index contributed by atoms with van der Waals surface area (Å²) in [7, 11) is 1.57. The highest BCUT2D eigenvalue weighted by Gasteiger charge is 2.10. The van der Waals surface area contributed by atoms with E-state index in [-0.39, 0.29) is 5.57 Å². The van der Waals surface area contributed by atoms with Crippen LogP contribution in [0.1, 0.15) is 5.56 Å². The van der Waals surface area contributed by atoms with Crippen LogP contribution in [0, 0.1) is 11.3 Å². The molecule has 0 unspecified atom stereocenters. The standard InChI is InChI=1S/C17H13BrN2O2/c1-22-15-8-6-14(7-9-15)20-17(21)13(11-19)10-12-4-2-3-5-16(12)18/h2-10H,1H3,(H,20,21)/b13-10-. The monoisotopic (exact) mass is 356 g/mol. The van der Waals surface area contributed by atoms with Crippen molar-refractivity contribution < 1.29 is 9.53 Å². The van der Waals surface area contributed by atoms with Gasteiger partial charge in [0.2, 0.25) is 0 Å². The van der Waals surface area contributed by atoms with Crippen LogP contribution in [0.4, 0.5) is 5.69 Å². The van der Waals surface area contributed by atoms with Gasteiger partial charge in [0.05, 0.1) is 7.11 Å². The summed E-state index contributed by atoms with van der Waals surface area (Å²) in [4.78, 5) is 12.2. The lowest BCUT2D eigenvalue weighted by Crippen LogP contribution is -2.13. The Bertz CT molecular complexity index is 746. The highest BCUT2D eigenvalue weighted by atomic mass is 79.9. The topological polar surface area (TPSA) is 62.1 Å². The van der Waals surface area contributed by atoms with E-state index in [9.17, 15) is 10.1 Å². The SMILES string of the molecule is COc1ccc(NC(=O)/C(C#N)=C\c2ccccc2Br)cc1. The van der Waals surface area contributed by atoms with E-state index >= 15 is 0 Å². The molecule has 0 atom stereocenters. The first-order chi connectivity index (χ1) is 10.6. The molecule has 22 heavy (non-hydrogen) atoms. The molecule has 0 fully saturated rings. The Kier molecular flexibility index (Phi) is 5.34. The van der Waals surface area contributed by atoms with Gasteiger partial charge in [0.25, 0.3) is 5.91 Å². The number of methoxy groups -OCH3 is 1. The Hall–Kier alpha value is -2.58.